The molecule has 2 aromatic carbocycles. The lowest BCUT2D eigenvalue weighted by Crippen LogP contribution is -2.14. The van der Waals surface area contributed by atoms with E-state index in [0.29, 0.717) is 36.0 Å². The Hall–Kier alpha value is -3.28. The topological polar surface area (TPSA) is 71.1 Å². The highest BCUT2D eigenvalue weighted by Crippen LogP contribution is 2.28. The van der Waals surface area contributed by atoms with Crippen LogP contribution in [0.5, 0.6) is 17.2 Å². The number of ether oxygens (including phenoxy) is 4. The van der Waals surface area contributed by atoms with Gasteiger partial charge in [0.2, 0.25) is 0 Å². The van der Waals surface area contributed by atoms with Gasteiger partial charge in [0.15, 0.2) is 23.9 Å². The molecule has 0 aliphatic heterocycles. The molecule has 0 amide bonds. The van der Waals surface area contributed by atoms with Gasteiger partial charge in [0.05, 0.1) is 20.3 Å². The van der Waals surface area contributed by atoms with Crippen LogP contribution in [0.25, 0.3) is 6.08 Å². The van der Waals surface area contributed by atoms with Crippen molar-refractivity contribution in [1.29, 1.82) is 0 Å². The maximum absolute atomic E-state index is 12.3. The Labute approximate surface area is 164 Å². The summed E-state index contributed by atoms with van der Waals surface area (Å²) in [5.41, 5.74) is 1.33. The standard InChI is InChI=1S/C22H24O6/c1-4-26-20-13-7-16(14-21(20)25-3)6-12-19(23)17-8-10-18(11-9-17)28-15-22(24)27-5-2/h6-14H,4-5,15H2,1-3H3. The molecule has 0 fully saturated rings. The van der Waals surface area contributed by atoms with Gasteiger partial charge >= 0.3 is 5.97 Å². The summed E-state index contributed by atoms with van der Waals surface area (Å²) in [4.78, 5) is 23.6. The van der Waals surface area contributed by atoms with E-state index in [1.54, 1.807) is 50.4 Å². The number of benzene rings is 2. The van der Waals surface area contributed by atoms with E-state index in [1.807, 2.05) is 19.1 Å². The predicted molar refractivity (Wildman–Crippen MR) is 106 cm³/mol. The smallest absolute Gasteiger partial charge is 0.344 e. The molecule has 0 bridgehead atoms. The lowest BCUT2D eigenvalue weighted by molar-refractivity contribution is -0.145. The molecule has 0 radical (unpaired) electrons. The number of methoxy groups -OCH3 is 1. The highest BCUT2D eigenvalue weighted by atomic mass is 16.6. The number of carbonyl (C=O) groups is 2. The van der Waals surface area contributed by atoms with Crippen LogP contribution in [0.1, 0.15) is 29.8 Å². The third kappa shape index (κ3) is 6.16. The Morgan fingerprint density at radius 1 is 0.929 bits per heavy atom. The second-order valence-corrected chi connectivity index (χ2v) is 5.66. The van der Waals surface area contributed by atoms with Gasteiger partial charge in [-0.1, -0.05) is 12.1 Å². The SMILES string of the molecule is CCOC(=O)COc1ccc(C(=O)C=Cc2ccc(OCC)c(OC)c2)cc1. The lowest BCUT2D eigenvalue weighted by atomic mass is 10.1. The molecule has 0 aliphatic rings. The van der Waals surface area contributed by atoms with Gasteiger partial charge in [-0.2, -0.15) is 0 Å². The number of rotatable bonds is 10. The largest absolute Gasteiger partial charge is 0.493 e. The molecule has 0 heterocycles. The summed E-state index contributed by atoms with van der Waals surface area (Å²) in [5.74, 6) is 1.18. The number of hydrogen-bond acceptors (Lipinski definition) is 6. The summed E-state index contributed by atoms with van der Waals surface area (Å²) in [6, 6.07) is 12.0. The summed E-state index contributed by atoms with van der Waals surface area (Å²) < 4.78 is 20.9. The zero-order valence-corrected chi connectivity index (χ0v) is 16.3. The first kappa shape index (κ1) is 21.0. The number of ketones is 1. The number of hydrogen-bond donors (Lipinski definition) is 0. The van der Waals surface area contributed by atoms with Crippen molar-refractivity contribution in [1.82, 2.24) is 0 Å². The van der Waals surface area contributed by atoms with Crippen molar-refractivity contribution in [2.24, 2.45) is 0 Å². The average Bonchev–Trinajstić information content (AvgIpc) is 2.72. The maximum atomic E-state index is 12.3. The van der Waals surface area contributed by atoms with E-state index in [0.717, 1.165) is 5.56 Å². The molecular weight excluding hydrogens is 360 g/mol. The molecule has 0 saturated carbocycles. The first-order chi connectivity index (χ1) is 13.6. The van der Waals surface area contributed by atoms with Crippen LogP contribution in [0.15, 0.2) is 48.5 Å². The number of carbonyl (C=O) groups excluding carboxylic acids is 2. The average molecular weight is 384 g/mol. The molecule has 0 N–H and O–H groups in total. The Morgan fingerprint density at radius 2 is 1.68 bits per heavy atom. The molecule has 0 spiro atoms. The normalized spacial score (nSPS) is 10.5. The van der Waals surface area contributed by atoms with E-state index in [-0.39, 0.29) is 12.4 Å². The summed E-state index contributed by atoms with van der Waals surface area (Å²) in [7, 11) is 1.57. The fraction of sp³-hybridized carbons (Fsp3) is 0.273. The van der Waals surface area contributed by atoms with Crippen LogP contribution < -0.4 is 14.2 Å². The van der Waals surface area contributed by atoms with Gasteiger partial charge in [0.25, 0.3) is 0 Å². The predicted octanol–water partition coefficient (Wildman–Crippen LogP) is 3.93. The molecule has 0 saturated heterocycles. The maximum Gasteiger partial charge on any atom is 0.344 e. The Bertz CT molecular complexity index is 823. The van der Waals surface area contributed by atoms with Crippen LogP contribution in [0.3, 0.4) is 0 Å². The van der Waals surface area contributed by atoms with Gasteiger partial charge in [-0.25, -0.2) is 4.79 Å². The van der Waals surface area contributed by atoms with E-state index in [2.05, 4.69) is 0 Å². The molecular formula is C22H24O6. The molecule has 0 aliphatic carbocycles. The summed E-state index contributed by atoms with van der Waals surface area (Å²) in [6.45, 7) is 4.32. The van der Waals surface area contributed by atoms with E-state index >= 15 is 0 Å². The van der Waals surface area contributed by atoms with Crippen LogP contribution >= 0.6 is 0 Å². The number of esters is 1. The van der Waals surface area contributed by atoms with Crippen molar-refractivity contribution < 1.29 is 28.5 Å². The van der Waals surface area contributed by atoms with Crippen LogP contribution in [0, 0.1) is 0 Å². The van der Waals surface area contributed by atoms with E-state index in [1.165, 1.54) is 6.08 Å². The third-order valence-electron chi connectivity index (χ3n) is 3.72. The van der Waals surface area contributed by atoms with Gasteiger partial charge in [-0.3, -0.25) is 4.79 Å². The minimum atomic E-state index is -0.434. The third-order valence-corrected chi connectivity index (χ3v) is 3.72. The van der Waals surface area contributed by atoms with Crippen molar-refractivity contribution in [2.75, 3.05) is 26.9 Å². The minimum Gasteiger partial charge on any atom is -0.493 e. The molecule has 6 nitrogen and oxygen atoms in total. The van der Waals surface area contributed by atoms with Crippen LogP contribution in [0.4, 0.5) is 0 Å². The summed E-state index contributed by atoms with van der Waals surface area (Å²) in [6.07, 6.45) is 3.20. The molecule has 0 aromatic heterocycles. The quantitative estimate of drug-likeness (QED) is 0.351. The molecule has 6 heteroatoms. The molecule has 2 rings (SSSR count). The first-order valence-corrected chi connectivity index (χ1v) is 8.99. The van der Waals surface area contributed by atoms with Gasteiger partial charge in [0.1, 0.15) is 5.75 Å². The first-order valence-electron chi connectivity index (χ1n) is 8.99. The zero-order valence-electron chi connectivity index (χ0n) is 16.3. The zero-order chi connectivity index (χ0) is 20.4. The van der Waals surface area contributed by atoms with E-state index in [9.17, 15) is 9.59 Å². The molecule has 0 unspecified atom stereocenters. The van der Waals surface area contributed by atoms with Gasteiger partial charge in [-0.05, 0) is 61.9 Å². The van der Waals surface area contributed by atoms with Crippen LogP contribution in [-0.4, -0.2) is 38.7 Å². The van der Waals surface area contributed by atoms with Crippen molar-refractivity contribution in [3.05, 3.63) is 59.7 Å². The van der Waals surface area contributed by atoms with Gasteiger partial charge in [0, 0.05) is 5.56 Å². The van der Waals surface area contributed by atoms with E-state index < -0.39 is 5.97 Å². The second-order valence-electron chi connectivity index (χ2n) is 5.66. The number of allylic oxidation sites excluding steroid dienone is 1. The van der Waals surface area contributed by atoms with Gasteiger partial charge < -0.3 is 18.9 Å². The van der Waals surface area contributed by atoms with Crippen molar-refractivity contribution in [2.45, 2.75) is 13.8 Å². The van der Waals surface area contributed by atoms with Crippen molar-refractivity contribution in [3.8, 4) is 17.2 Å². The fourth-order valence-electron chi connectivity index (χ4n) is 2.39. The van der Waals surface area contributed by atoms with Crippen molar-refractivity contribution in [3.63, 3.8) is 0 Å². The summed E-state index contributed by atoms with van der Waals surface area (Å²) >= 11 is 0. The molecule has 2 aromatic rings. The fourth-order valence-corrected chi connectivity index (χ4v) is 2.39. The Morgan fingerprint density at radius 3 is 2.32 bits per heavy atom. The molecule has 0 atom stereocenters. The highest BCUT2D eigenvalue weighted by molar-refractivity contribution is 6.06. The molecule has 148 valence electrons. The molecule has 28 heavy (non-hydrogen) atoms. The lowest BCUT2D eigenvalue weighted by Gasteiger charge is -2.09. The Kier molecular flexibility index (Phi) is 8.09. The summed E-state index contributed by atoms with van der Waals surface area (Å²) in [5, 5.41) is 0. The monoisotopic (exact) mass is 384 g/mol. The van der Waals surface area contributed by atoms with Crippen LogP contribution in [0.2, 0.25) is 0 Å². The highest BCUT2D eigenvalue weighted by Gasteiger charge is 2.07. The Balaban J connectivity index is 1.99. The van der Waals surface area contributed by atoms with E-state index in [4.69, 9.17) is 18.9 Å². The van der Waals surface area contributed by atoms with Crippen molar-refractivity contribution >= 4 is 17.8 Å². The van der Waals surface area contributed by atoms with Crippen LogP contribution in [-0.2, 0) is 9.53 Å². The second kappa shape index (κ2) is 10.8. The van der Waals surface area contributed by atoms with Gasteiger partial charge in [-0.15, -0.1) is 0 Å². The minimum absolute atomic E-state index is 0.148.